The summed E-state index contributed by atoms with van der Waals surface area (Å²) in [5.74, 6) is -1.13. The van der Waals surface area contributed by atoms with Crippen LogP contribution in [0.2, 0.25) is 5.02 Å². The van der Waals surface area contributed by atoms with E-state index in [4.69, 9.17) is 16.3 Å². The summed E-state index contributed by atoms with van der Waals surface area (Å²) < 4.78 is 18.7. The van der Waals surface area contributed by atoms with Gasteiger partial charge in [0, 0.05) is 11.1 Å². The van der Waals surface area contributed by atoms with Crippen LogP contribution in [0.15, 0.2) is 27.9 Å². The van der Waals surface area contributed by atoms with E-state index in [1.165, 1.54) is 41.3 Å². The van der Waals surface area contributed by atoms with Crippen molar-refractivity contribution in [1.82, 2.24) is 4.98 Å². The Morgan fingerprint density at radius 3 is 2.92 bits per heavy atom. The van der Waals surface area contributed by atoms with Gasteiger partial charge in [-0.2, -0.15) is 0 Å². The second-order valence-corrected chi connectivity index (χ2v) is 7.82. The molecule has 0 bridgehead atoms. The fourth-order valence-electron chi connectivity index (χ4n) is 1.81. The first-order chi connectivity index (χ1) is 11.9. The number of aromatic nitrogens is 1. The number of hydrogen-bond acceptors (Lipinski definition) is 6. The average Bonchev–Trinajstić information content (AvgIpc) is 2.98. The van der Waals surface area contributed by atoms with Crippen LogP contribution in [0.3, 0.4) is 0 Å². The number of amides is 1. The Morgan fingerprint density at radius 1 is 1.48 bits per heavy atom. The van der Waals surface area contributed by atoms with Gasteiger partial charge in [0.25, 0.3) is 0 Å². The highest BCUT2D eigenvalue weighted by Crippen LogP contribution is 2.28. The number of nitrogens with one attached hydrogen (secondary N) is 1. The zero-order valence-electron chi connectivity index (χ0n) is 13.5. The van der Waals surface area contributed by atoms with Gasteiger partial charge in [-0.15, -0.1) is 11.3 Å². The van der Waals surface area contributed by atoms with Crippen LogP contribution in [0.25, 0.3) is 0 Å². The van der Waals surface area contributed by atoms with Gasteiger partial charge < -0.3 is 10.1 Å². The van der Waals surface area contributed by atoms with Crippen molar-refractivity contribution in [3.63, 3.8) is 0 Å². The molecule has 9 heteroatoms. The summed E-state index contributed by atoms with van der Waals surface area (Å²) in [5.41, 5.74) is 1.04. The molecule has 0 aliphatic carbocycles. The van der Waals surface area contributed by atoms with Crippen LogP contribution < -0.4 is 5.32 Å². The maximum absolute atomic E-state index is 13.1. The van der Waals surface area contributed by atoms with Crippen LogP contribution in [-0.2, 0) is 20.7 Å². The van der Waals surface area contributed by atoms with E-state index in [9.17, 15) is 14.0 Å². The van der Waals surface area contributed by atoms with E-state index in [2.05, 4.69) is 10.3 Å². The van der Waals surface area contributed by atoms with E-state index in [0.29, 0.717) is 22.3 Å². The Labute approximate surface area is 157 Å². The number of hydrogen-bond donors (Lipinski definition) is 1. The molecule has 1 aromatic carbocycles. The molecule has 2 aromatic rings. The first kappa shape index (κ1) is 19.7. The van der Waals surface area contributed by atoms with E-state index in [0.717, 1.165) is 0 Å². The molecule has 1 heterocycles. The van der Waals surface area contributed by atoms with Crippen LogP contribution in [0.1, 0.15) is 19.5 Å². The molecule has 0 unspecified atom stereocenters. The third kappa shape index (κ3) is 5.98. The number of benzene rings is 1. The molecule has 25 heavy (non-hydrogen) atoms. The lowest BCUT2D eigenvalue weighted by Gasteiger charge is -2.10. The summed E-state index contributed by atoms with van der Waals surface area (Å²) in [5, 5.41) is 3.97. The molecule has 2 rings (SSSR count). The third-order valence-electron chi connectivity index (χ3n) is 3.00. The fourth-order valence-corrected chi connectivity index (χ4v) is 3.97. The summed E-state index contributed by atoms with van der Waals surface area (Å²) in [6.45, 7) is 3.81. The Kier molecular flexibility index (Phi) is 7.22. The summed E-state index contributed by atoms with van der Waals surface area (Å²) in [6.07, 6.45) is 0.111. The first-order valence-electron chi connectivity index (χ1n) is 7.41. The maximum atomic E-state index is 13.1. The molecular formula is C16H16ClFN2O3S2. The monoisotopic (exact) mass is 402 g/mol. The molecule has 0 radical (unpaired) electrons. The Balaban J connectivity index is 1.91. The number of thioether (sulfide) groups is 1. The largest absolute Gasteiger partial charge is 0.466 e. The van der Waals surface area contributed by atoms with Gasteiger partial charge in [-0.05, 0) is 32.0 Å². The summed E-state index contributed by atoms with van der Waals surface area (Å²) in [4.78, 5) is 28.0. The molecule has 1 aromatic heterocycles. The normalized spacial score (nSPS) is 11.8. The van der Waals surface area contributed by atoms with E-state index < -0.39 is 11.1 Å². The number of thiazole rings is 1. The quantitative estimate of drug-likeness (QED) is 0.556. The minimum absolute atomic E-state index is 0.0540. The zero-order chi connectivity index (χ0) is 18.4. The van der Waals surface area contributed by atoms with Gasteiger partial charge >= 0.3 is 5.97 Å². The minimum atomic E-state index is -0.543. The molecular weight excluding hydrogens is 387 g/mol. The molecule has 0 spiro atoms. The molecule has 1 amide bonds. The number of nitrogens with zero attached hydrogens (tertiary/aromatic N) is 1. The highest BCUT2D eigenvalue weighted by Gasteiger charge is 2.18. The second-order valence-electron chi connectivity index (χ2n) is 4.96. The lowest BCUT2D eigenvalue weighted by Crippen LogP contribution is -2.22. The molecule has 1 atom stereocenters. The van der Waals surface area contributed by atoms with Gasteiger partial charge in [-0.3, -0.25) is 9.59 Å². The number of anilines is 1. The molecule has 134 valence electrons. The Morgan fingerprint density at radius 2 is 2.24 bits per heavy atom. The van der Waals surface area contributed by atoms with Crippen molar-refractivity contribution in [3.05, 3.63) is 40.1 Å². The highest BCUT2D eigenvalue weighted by atomic mass is 35.5. The number of halogens is 2. The standard InChI is InChI=1S/C16H16ClFN2O3S2/c1-3-23-14(21)7-11-8-24-16(20-11)25-9(2)15(22)19-10-4-5-13(18)12(17)6-10/h4-6,8-9H,3,7H2,1-2H3,(H,19,22)/t9-/m0/s1. The van der Waals surface area contributed by atoms with Crippen molar-refractivity contribution in [2.24, 2.45) is 0 Å². The molecule has 0 saturated carbocycles. The number of esters is 1. The minimum Gasteiger partial charge on any atom is -0.466 e. The highest BCUT2D eigenvalue weighted by molar-refractivity contribution is 8.02. The molecule has 1 N–H and O–H groups in total. The van der Waals surface area contributed by atoms with Gasteiger partial charge in [0.15, 0.2) is 4.34 Å². The van der Waals surface area contributed by atoms with Crippen LogP contribution in [0.5, 0.6) is 0 Å². The lowest BCUT2D eigenvalue weighted by molar-refractivity contribution is -0.142. The number of carbonyl (C=O) groups is 2. The molecule has 0 aliphatic heterocycles. The lowest BCUT2D eigenvalue weighted by atomic mass is 10.3. The van der Waals surface area contributed by atoms with Crippen LogP contribution in [-0.4, -0.2) is 28.7 Å². The first-order valence-corrected chi connectivity index (χ1v) is 9.55. The molecule has 0 aliphatic rings. The number of carbonyl (C=O) groups excluding carboxylic acids is 2. The van der Waals surface area contributed by atoms with Crippen molar-refractivity contribution in [2.75, 3.05) is 11.9 Å². The predicted octanol–water partition coefficient (Wildman–Crippen LogP) is 4.16. The van der Waals surface area contributed by atoms with Gasteiger partial charge in [0.1, 0.15) is 5.82 Å². The van der Waals surface area contributed by atoms with Crippen molar-refractivity contribution < 1.29 is 18.7 Å². The summed E-state index contributed by atoms with van der Waals surface area (Å²) in [7, 11) is 0. The van der Waals surface area contributed by atoms with Gasteiger partial charge in [-0.25, -0.2) is 9.37 Å². The summed E-state index contributed by atoms with van der Waals surface area (Å²) >= 11 is 8.33. The van der Waals surface area contributed by atoms with Crippen molar-refractivity contribution >= 4 is 52.3 Å². The fraction of sp³-hybridized carbons (Fsp3) is 0.312. The third-order valence-corrected chi connectivity index (χ3v) is 5.41. The molecule has 0 saturated heterocycles. The zero-order valence-corrected chi connectivity index (χ0v) is 15.9. The Bertz CT molecular complexity index is 770. The molecule has 5 nitrogen and oxygen atoms in total. The van der Waals surface area contributed by atoms with Crippen molar-refractivity contribution in [2.45, 2.75) is 29.9 Å². The van der Waals surface area contributed by atoms with E-state index >= 15 is 0 Å². The maximum Gasteiger partial charge on any atom is 0.311 e. The smallest absolute Gasteiger partial charge is 0.311 e. The van der Waals surface area contributed by atoms with Crippen molar-refractivity contribution in [3.8, 4) is 0 Å². The Hall–Kier alpha value is -1.64. The van der Waals surface area contributed by atoms with E-state index in [-0.39, 0.29) is 23.3 Å². The topological polar surface area (TPSA) is 68.3 Å². The number of ether oxygens (including phenoxy) is 1. The number of rotatable bonds is 7. The van der Waals surface area contributed by atoms with Crippen LogP contribution in [0, 0.1) is 5.82 Å². The van der Waals surface area contributed by atoms with Crippen LogP contribution in [0.4, 0.5) is 10.1 Å². The average molecular weight is 403 g/mol. The van der Waals surface area contributed by atoms with Gasteiger partial charge in [0.05, 0.1) is 29.0 Å². The van der Waals surface area contributed by atoms with Crippen LogP contribution >= 0.6 is 34.7 Å². The molecule has 0 fully saturated rings. The van der Waals surface area contributed by atoms with Gasteiger partial charge in [-0.1, -0.05) is 23.4 Å². The summed E-state index contributed by atoms with van der Waals surface area (Å²) in [6, 6.07) is 3.99. The van der Waals surface area contributed by atoms with E-state index in [1.807, 2.05) is 0 Å². The van der Waals surface area contributed by atoms with Crippen molar-refractivity contribution in [1.29, 1.82) is 0 Å². The SMILES string of the molecule is CCOC(=O)Cc1csc(S[C@@H](C)C(=O)Nc2ccc(F)c(Cl)c2)n1. The second kappa shape index (κ2) is 9.17. The van der Waals surface area contributed by atoms with Gasteiger partial charge in [0.2, 0.25) is 5.91 Å². The predicted molar refractivity (Wildman–Crippen MR) is 97.8 cm³/mol. The van der Waals surface area contributed by atoms with E-state index in [1.54, 1.807) is 19.2 Å².